The molecule has 0 atom stereocenters. The highest BCUT2D eigenvalue weighted by atomic mass is 32.2. The Labute approximate surface area is 183 Å². The van der Waals surface area contributed by atoms with Crippen LogP contribution >= 0.6 is 0 Å². The largest absolute Gasteiger partial charge is 0.385 e. The van der Waals surface area contributed by atoms with Gasteiger partial charge in [-0.3, -0.25) is 14.5 Å². The van der Waals surface area contributed by atoms with E-state index in [1.54, 1.807) is 36.1 Å². The van der Waals surface area contributed by atoms with Crippen LogP contribution in [0, 0.1) is 11.3 Å². The zero-order valence-corrected chi connectivity index (χ0v) is 18.7. The van der Waals surface area contributed by atoms with Crippen LogP contribution in [-0.2, 0) is 24.3 Å². The number of sulfonamides is 1. The van der Waals surface area contributed by atoms with E-state index in [1.165, 1.54) is 16.4 Å². The van der Waals surface area contributed by atoms with E-state index in [4.69, 9.17) is 4.74 Å². The number of likely N-dealkylation sites (N-methyl/N-ethyl adjacent to an activating group) is 1. The molecule has 2 amide bonds. The van der Waals surface area contributed by atoms with Crippen LogP contribution in [0.15, 0.2) is 29.2 Å². The summed E-state index contributed by atoms with van der Waals surface area (Å²) in [4.78, 5) is 27.6. The van der Waals surface area contributed by atoms with Crippen molar-refractivity contribution < 1.29 is 22.7 Å². The van der Waals surface area contributed by atoms with Crippen molar-refractivity contribution in [2.75, 3.05) is 66.6 Å². The number of benzene rings is 1. The van der Waals surface area contributed by atoms with E-state index in [2.05, 4.69) is 5.32 Å². The van der Waals surface area contributed by atoms with Crippen LogP contribution in [0.3, 0.4) is 0 Å². The van der Waals surface area contributed by atoms with Gasteiger partial charge in [-0.2, -0.15) is 9.57 Å². The monoisotopic (exact) mass is 451 g/mol. The molecule has 11 heteroatoms. The summed E-state index contributed by atoms with van der Waals surface area (Å²) in [5.74, 6) is -0.331. The molecule has 0 unspecified atom stereocenters. The summed E-state index contributed by atoms with van der Waals surface area (Å²) in [5, 5.41) is 12.0. The van der Waals surface area contributed by atoms with Gasteiger partial charge in [-0.05, 0) is 25.6 Å². The molecule has 2 rings (SSSR count). The maximum atomic E-state index is 12.9. The molecule has 0 saturated carbocycles. The van der Waals surface area contributed by atoms with Crippen molar-refractivity contribution >= 4 is 21.8 Å². The molecule has 31 heavy (non-hydrogen) atoms. The van der Waals surface area contributed by atoms with E-state index >= 15 is 0 Å². The van der Waals surface area contributed by atoms with Crippen LogP contribution in [0.25, 0.3) is 0 Å². The molecule has 1 fully saturated rings. The minimum Gasteiger partial charge on any atom is -0.385 e. The third-order valence-corrected chi connectivity index (χ3v) is 6.84. The highest BCUT2D eigenvalue weighted by Gasteiger charge is 2.31. The SMILES string of the molecule is COCCCNC(=O)CN(C)CC(=O)N1CCN(S(=O)(=O)c2ccccc2C#N)CC1. The van der Waals surface area contributed by atoms with Gasteiger partial charge in [-0.1, -0.05) is 12.1 Å². The van der Waals surface area contributed by atoms with E-state index in [-0.39, 0.29) is 61.5 Å². The Morgan fingerprint density at radius 2 is 1.87 bits per heavy atom. The molecule has 10 nitrogen and oxygen atoms in total. The number of piperazine rings is 1. The highest BCUT2D eigenvalue weighted by molar-refractivity contribution is 7.89. The van der Waals surface area contributed by atoms with E-state index < -0.39 is 10.0 Å². The zero-order valence-electron chi connectivity index (χ0n) is 17.9. The molecule has 170 valence electrons. The Morgan fingerprint density at radius 3 is 2.52 bits per heavy atom. The molecule has 1 aliphatic heterocycles. The molecular weight excluding hydrogens is 422 g/mol. The molecule has 1 N–H and O–H groups in total. The van der Waals surface area contributed by atoms with Gasteiger partial charge in [-0.15, -0.1) is 0 Å². The second kappa shape index (κ2) is 11.8. The van der Waals surface area contributed by atoms with Crippen LogP contribution < -0.4 is 5.32 Å². The predicted octanol–water partition coefficient (Wildman–Crippen LogP) is -0.524. The summed E-state index contributed by atoms with van der Waals surface area (Å²) >= 11 is 0. The maximum Gasteiger partial charge on any atom is 0.244 e. The molecule has 1 aromatic rings. The van der Waals surface area contributed by atoms with Gasteiger partial charge in [0.05, 0.1) is 23.5 Å². The highest BCUT2D eigenvalue weighted by Crippen LogP contribution is 2.21. The van der Waals surface area contributed by atoms with Crippen molar-refractivity contribution in [2.24, 2.45) is 0 Å². The number of nitrogens with zero attached hydrogens (tertiary/aromatic N) is 4. The van der Waals surface area contributed by atoms with Crippen LogP contribution in [-0.4, -0.2) is 101 Å². The first-order valence-corrected chi connectivity index (χ1v) is 11.4. The van der Waals surface area contributed by atoms with Crippen LogP contribution in [0.4, 0.5) is 0 Å². The third-order valence-electron chi connectivity index (χ3n) is 4.88. The Balaban J connectivity index is 1.83. The summed E-state index contributed by atoms with van der Waals surface area (Å²) < 4.78 is 32.0. The summed E-state index contributed by atoms with van der Waals surface area (Å²) in [6.07, 6.45) is 0.719. The van der Waals surface area contributed by atoms with Gasteiger partial charge >= 0.3 is 0 Å². The molecular formula is C20H29N5O5S. The predicted molar refractivity (Wildman–Crippen MR) is 113 cm³/mol. The first-order chi connectivity index (χ1) is 14.8. The fourth-order valence-corrected chi connectivity index (χ4v) is 4.80. The van der Waals surface area contributed by atoms with Crippen molar-refractivity contribution in [3.63, 3.8) is 0 Å². The van der Waals surface area contributed by atoms with Gasteiger partial charge in [0.25, 0.3) is 0 Å². The maximum absolute atomic E-state index is 12.9. The lowest BCUT2D eigenvalue weighted by Crippen LogP contribution is -2.52. The molecule has 0 spiro atoms. The van der Waals surface area contributed by atoms with Crippen LogP contribution in [0.5, 0.6) is 0 Å². The molecule has 1 aromatic carbocycles. The Kier molecular flexibility index (Phi) is 9.39. The Bertz CT molecular complexity index is 907. The fourth-order valence-electron chi connectivity index (χ4n) is 3.23. The van der Waals surface area contributed by atoms with Gasteiger partial charge < -0.3 is 15.0 Å². The molecule has 0 radical (unpaired) electrons. The first kappa shape index (κ1) is 24.7. The van der Waals surface area contributed by atoms with Gasteiger partial charge in [0, 0.05) is 46.4 Å². The standard InChI is InChI=1S/C20H29N5O5S/c1-23(15-19(26)22-8-5-13-30-2)16-20(27)24-9-11-25(12-10-24)31(28,29)18-7-4-3-6-17(18)14-21/h3-4,6-7H,5,8-13,15-16H2,1-2H3,(H,22,26). The van der Waals surface area contributed by atoms with Crippen molar-refractivity contribution in [3.05, 3.63) is 29.8 Å². The van der Waals surface area contributed by atoms with Crippen molar-refractivity contribution in [1.29, 1.82) is 5.26 Å². The van der Waals surface area contributed by atoms with Crippen molar-refractivity contribution in [3.8, 4) is 6.07 Å². The minimum absolute atomic E-state index is 0.0199. The number of hydrogen-bond acceptors (Lipinski definition) is 7. The first-order valence-electron chi connectivity index (χ1n) is 10.0. The van der Waals surface area contributed by atoms with Crippen molar-refractivity contribution in [1.82, 2.24) is 19.4 Å². The number of nitrogens with one attached hydrogen (secondary N) is 1. The van der Waals surface area contributed by atoms with Gasteiger partial charge in [0.2, 0.25) is 21.8 Å². The molecule has 0 aromatic heterocycles. The number of ether oxygens (including phenoxy) is 1. The topological polar surface area (TPSA) is 123 Å². The summed E-state index contributed by atoms with van der Waals surface area (Å²) in [6.45, 7) is 2.05. The number of carbonyl (C=O) groups is 2. The quantitative estimate of drug-likeness (QED) is 0.475. The number of amides is 2. The second-order valence-corrected chi connectivity index (χ2v) is 9.17. The van der Waals surface area contributed by atoms with E-state index in [0.717, 1.165) is 6.42 Å². The van der Waals surface area contributed by atoms with Gasteiger partial charge in [0.15, 0.2) is 0 Å². The number of rotatable bonds is 10. The zero-order chi connectivity index (χ0) is 22.9. The second-order valence-electron chi connectivity index (χ2n) is 7.26. The average Bonchev–Trinajstić information content (AvgIpc) is 2.76. The van der Waals surface area contributed by atoms with Gasteiger partial charge in [0.1, 0.15) is 6.07 Å². The Hall–Kier alpha value is -2.52. The molecule has 1 aliphatic rings. The molecule has 1 heterocycles. The third kappa shape index (κ3) is 7.00. The lowest BCUT2D eigenvalue weighted by atomic mass is 10.2. The normalized spacial score (nSPS) is 15.0. The lowest BCUT2D eigenvalue weighted by molar-refractivity contribution is -0.133. The average molecular weight is 452 g/mol. The summed E-state index contributed by atoms with van der Waals surface area (Å²) in [5.41, 5.74) is 0.100. The number of hydrogen-bond donors (Lipinski definition) is 1. The molecule has 0 aliphatic carbocycles. The fraction of sp³-hybridized carbons (Fsp3) is 0.550. The van der Waals surface area contributed by atoms with E-state index in [0.29, 0.717) is 13.2 Å². The summed E-state index contributed by atoms with van der Waals surface area (Å²) in [7, 11) is -0.520. The van der Waals surface area contributed by atoms with Crippen LogP contribution in [0.1, 0.15) is 12.0 Å². The lowest BCUT2D eigenvalue weighted by Gasteiger charge is -2.34. The van der Waals surface area contributed by atoms with E-state index in [1.807, 2.05) is 6.07 Å². The number of nitriles is 1. The molecule has 1 saturated heterocycles. The van der Waals surface area contributed by atoms with Gasteiger partial charge in [-0.25, -0.2) is 8.42 Å². The van der Waals surface area contributed by atoms with Crippen molar-refractivity contribution in [2.45, 2.75) is 11.3 Å². The summed E-state index contributed by atoms with van der Waals surface area (Å²) in [6, 6.07) is 7.99. The smallest absolute Gasteiger partial charge is 0.244 e. The minimum atomic E-state index is -3.81. The van der Waals surface area contributed by atoms with Crippen LogP contribution in [0.2, 0.25) is 0 Å². The Morgan fingerprint density at radius 1 is 1.19 bits per heavy atom. The number of carbonyl (C=O) groups excluding carboxylic acids is 2. The van der Waals surface area contributed by atoms with E-state index in [9.17, 15) is 23.3 Å². The number of methoxy groups -OCH3 is 1. The molecule has 0 bridgehead atoms.